The van der Waals surface area contributed by atoms with Crippen LogP contribution in [0.1, 0.15) is 39.0 Å². The fourth-order valence-electron chi connectivity index (χ4n) is 1.75. The lowest BCUT2D eigenvalue weighted by Crippen LogP contribution is -2.29. The zero-order chi connectivity index (χ0) is 12.2. The van der Waals surface area contributed by atoms with Crippen molar-refractivity contribution in [2.24, 2.45) is 0 Å². The maximum atomic E-state index is 12.0. The molecule has 94 valence electrons. The summed E-state index contributed by atoms with van der Waals surface area (Å²) in [5.41, 5.74) is -0.480. The van der Waals surface area contributed by atoms with E-state index in [2.05, 4.69) is 0 Å². The zero-order valence-electron chi connectivity index (χ0n) is 9.31. The van der Waals surface area contributed by atoms with Gasteiger partial charge in [-0.3, -0.25) is 0 Å². The molecule has 0 spiro atoms. The zero-order valence-corrected chi connectivity index (χ0v) is 9.31. The molecule has 0 aromatic rings. The maximum absolute atomic E-state index is 12.0. The van der Waals surface area contributed by atoms with Gasteiger partial charge in [-0.15, -0.1) is 0 Å². The van der Waals surface area contributed by atoms with Gasteiger partial charge in [0, 0.05) is 6.42 Å². The van der Waals surface area contributed by atoms with Crippen LogP contribution >= 0.6 is 0 Å². The summed E-state index contributed by atoms with van der Waals surface area (Å²) in [6, 6.07) is 0. The lowest BCUT2D eigenvalue weighted by Gasteiger charge is -2.28. The number of aliphatic hydroxyl groups is 1. The van der Waals surface area contributed by atoms with Gasteiger partial charge in [0.2, 0.25) is 0 Å². The second-order valence-electron chi connectivity index (χ2n) is 4.36. The summed E-state index contributed by atoms with van der Waals surface area (Å²) in [5.74, 6) is 0. The van der Waals surface area contributed by atoms with Crippen LogP contribution in [0.4, 0.5) is 13.2 Å². The topological polar surface area (TPSA) is 29.5 Å². The summed E-state index contributed by atoms with van der Waals surface area (Å²) in [6.07, 6.45) is -1.96. The number of rotatable bonds is 4. The summed E-state index contributed by atoms with van der Waals surface area (Å²) in [4.78, 5) is 0. The lowest BCUT2D eigenvalue weighted by molar-refractivity contribution is -0.137. The van der Waals surface area contributed by atoms with Crippen LogP contribution in [-0.2, 0) is 4.74 Å². The number of halogens is 3. The van der Waals surface area contributed by atoms with Crippen molar-refractivity contribution in [3.05, 3.63) is 11.8 Å². The van der Waals surface area contributed by atoms with Crippen LogP contribution in [0.15, 0.2) is 11.8 Å². The van der Waals surface area contributed by atoms with Gasteiger partial charge in [0.1, 0.15) is 0 Å². The summed E-state index contributed by atoms with van der Waals surface area (Å²) >= 11 is 0. The van der Waals surface area contributed by atoms with Crippen LogP contribution in [0.3, 0.4) is 0 Å². The van der Waals surface area contributed by atoms with E-state index in [0.717, 1.165) is 6.42 Å². The predicted octanol–water partition coefficient (Wildman–Crippen LogP) is 3.16. The Morgan fingerprint density at radius 2 is 2.06 bits per heavy atom. The van der Waals surface area contributed by atoms with Crippen molar-refractivity contribution in [3.63, 3.8) is 0 Å². The molecule has 16 heavy (non-hydrogen) atoms. The van der Waals surface area contributed by atoms with E-state index in [0.29, 0.717) is 18.6 Å². The molecule has 1 heterocycles. The standard InChI is InChI=1S/C11H17F3O2/c1-10(15,5-3-6-11(12,13)14)9-4-2-7-16-8-9/h8,15H,2-7H2,1H3. The van der Waals surface area contributed by atoms with Crippen LogP contribution in [0, 0.1) is 0 Å². The summed E-state index contributed by atoms with van der Waals surface area (Å²) in [5, 5.41) is 10.0. The molecule has 0 bridgehead atoms. The number of ether oxygens (including phenoxy) is 1. The van der Waals surface area contributed by atoms with E-state index in [1.165, 1.54) is 6.26 Å². The van der Waals surface area contributed by atoms with Crippen molar-refractivity contribution in [1.82, 2.24) is 0 Å². The van der Waals surface area contributed by atoms with Crippen LogP contribution < -0.4 is 0 Å². The lowest BCUT2D eigenvalue weighted by atomic mass is 9.87. The largest absolute Gasteiger partial charge is 0.501 e. The molecule has 0 fully saturated rings. The van der Waals surface area contributed by atoms with Crippen LogP contribution in [-0.4, -0.2) is 23.5 Å². The molecular formula is C11H17F3O2. The summed E-state index contributed by atoms with van der Waals surface area (Å²) < 4.78 is 40.9. The second kappa shape index (κ2) is 5.08. The molecule has 0 saturated heterocycles. The Bertz CT molecular complexity index is 256. The summed E-state index contributed by atoms with van der Waals surface area (Å²) in [7, 11) is 0. The number of hydrogen-bond acceptors (Lipinski definition) is 2. The van der Waals surface area contributed by atoms with Crippen molar-refractivity contribution in [2.45, 2.75) is 50.8 Å². The normalized spacial score (nSPS) is 20.9. The van der Waals surface area contributed by atoms with E-state index in [-0.39, 0.29) is 12.8 Å². The van der Waals surface area contributed by atoms with Crippen LogP contribution in [0.25, 0.3) is 0 Å². The molecule has 1 aliphatic heterocycles. The van der Waals surface area contributed by atoms with E-state index >= 15 is 0 Å². The Kier molecular flexibility index (Phi) is 4.24. The van der Waals surface area contributed by atoms with Gasteiger partial charge in [0.05, 0.1) is 18.5 Å². The number of hydrogen-bond donors (Lipinski definition) is 1. The van der Waals surface area contributed by atoms with Gasteiger partial charge >= 0.3 is 6.18 Å². The Hall–Kier alpha value is -0.710. The van der Waals surface area contributed by atoms with E-state index < -0.39 is 18.2 Å². The molecule has 1 aliphatic rings. The molecule has 0 amide bonds. The molecule has 0 aromatic heterocycles. The third kappa shape index (κ3) is 4.43. The van der Waals surface area contributed by atoms with E-state index in [9.17, 15) is 18.3 Å². The second-order valence-corrected chi connectivity index (χ2v) is 4.36. The smallest absolute Gasteiger partial charge is 0.389 e. The third-order valence-electron chi connectivity index (χ3n) is 2.75. The van der Waals surface area contributed by atoms with Gasteiger partial charge in [-0.25, -0.2) is 0 Å². The minimum Gasteiger partial charge on any atom is -0.501 e. The molecule has 1 unspecified atom stereocenters. The fraction of sp³-hybridized carbons (Fsp3) is 0.818. The quantitative estimate of drug-likeness (QED) is 0.815. The predicted molar refractivity (Wildman–Crippen MR) is 53.8 cm³/mol. The molecule has 1 N–H and O–H groups in total. The number of alkyl halides is 3. The highest BCUT2D eigenvalue weighted by atomic mass is 19.4. The molecule has 1 rings (SSSR count). The highest BCUT2D eigenvalue weighted by Crippen LogP contribution is 2.31. The molecule has 0 radical (unpaired) electrons. The van der Waals surface area contributed by atoms with Gasteiger partial charge in [0.15, 0.2) is 0 Å². The molecule has 0 saturated carbocycles. The van der Waals surface area contributed by atoms with Crippen molar-refractivity contribution < 1.29 is 23.0 Å². The van der Waals surface area contributed by atoms with Gasteiger partial charge in [0.25, 0.3) is 0 Å². The first kappa shape index (κ1) is 13.4. The molecule has 5 heteroatoms. The summed E-state index contributed by atoms with van der Waals surface area (Å²) in [6.45, 7) is 2.16. The van der Waals surface area contributed by atoms with Gasteiger partial charge in [-0.2, -0.15) is 13.2 Å². The maximum Gasteiger partial charge on any atom is 0.389 e. The van der Waals surface area contributed by atoms with Crippen molar-refractivity contribution >= 4 is 0 Å². The molecule has 0 aromatic carbocycles. The molecular weight excluding hydrogens is 221 g/mol. The van der Waals surface area contributed by atoms with Crippen LogP contribution in [0.2, 0.25) is 0 Å². The third-order valence-corrected chi connectivity index (χ3v) is 2.75. The Morgan fingerprint density at radius 1 is 1.38 bits per heavy atom. The van der Waals surface area contributed by atoms with E-state index in [1.807, 2.05) is 0 Å². The molecule has 0 aliphatic carbocycles. The van der Waals surface area contributed by atoms with E-state index in [1.54, 1.807) is 6.92 Å². The van der Waals surface area contributed by atoms with Crippen LogP contribution in [0.5, 0.6) is 0 Å². The Labute approximate surface area is 93.1 Å². The van der Waals surface area contributed by atoms with Gasteiger partial charge < -0.3 is 9.84 Å². The Balaban J connectivity index is 2.42. The first-order valence-corrected chi connectivity index (χ1v) is 5.41. The van der Waals surface area contributed by atoms with E-state index in [4.69, 9.17) is 4.74 Å². The van der Waals surface area contributed by atoms with Gasteiger partial charge in [-0.1, -0.05) is 0 Å². The average Bonchev–Trinajstić information content (AvgIpc) is 2.17. The first-order valence-electron chi connectivity index (χ1n) is 5.41. The minimum atomic E-state index is -4.15. The molecule has 1 atom stereocenters. The fourth-order valence-corrected chi connectivity index (χ4v) is 1.75. The monoisotopic (exact) mass is 238 g/mol. The van der Waals surface area contributed by atoms with Crippen molar-refractivity contribution in [1.29, 1.82) is 0 Å². The van der Waals surface area contributed by atoms with Crippen molar-refractivity contribution in [3.8, 4) is 0 Å². The minimum absolute atomic E-state index is 0.0617. The van der Waals surface area contributed by atoms with Crippen molar-refractivity contribution in [2.75, 3.05) is 6.61 Å². The SMILES string of the molecule is CC(O)(CCCC(F)(F)F)C1=COCCC1. The highest BCUT2D eigenvalue weighted by Gasteiger charge is 2.31. The first-order chi connectivity index (χ1) is 7.31. The highest BCUT2D eigenvalue weighted by molar-refractivity contribution is 5.14. The van der Waals surface area contributed by atoms with Gasteiger partial charge in [-0.05, 0) is 38.2 Å². The molecule has 2 nitrogen and oxygen atoms in total. The Morgan fingerprint density at radius 3 is 2.56 bits per heavy atom. The average molecular weight is 238 g/mol.